The van der Waals surface area contributed by atoms with Crippen LogP contribution in [0.2, 0.25) is 0 Å². The van der Waals surface area contributed by atoms with Crippen LogP contribution in [0.1, 0.15) is 37.6 Å². The van der Waals surface area contributed by atoms with Crippen molar-refractivity contribution in [3.05, 3.63) is 53.6 Å². The van der Waals surface area contributed by atoms with Crippen LogP contribution in [-0.4, -0.2) is 34.8 Å². The lowest BCUT2D eigenvalue weighted by Crippen LogP contribution is -2.34. The van der Waals surface area contributed by atoms with Gasteiger partial charge in [0, 0.05) is 29.5 Å². The summed E-state index contributed by atoms with van der Waals surface area (Å²) in [6.07, 6.45) is -0.385. The number of rotatable bonds is 7. The lowest BCUT2D eigenvalue weighted by Gasteiger charge is -2.27. The van der Waals surface area contributed by atoms with E-state index in [2.05, 4.69) is 12.2 Å². The Morgan fingerprint density at radius 2 is 2.15 bits per heavy atom. The number of methoxy groups -OCH3 is 1. The minimum Gasteiger partial charge on any atom is -0.497 e. The second-order valence-electron chi connectivity index (χ2n) is 6.64. The molecule has 1 unspecified atom stereocenters. The van der Waals surface area contributed by atoms with Crippen molar-refractivity contribution in [3.63, 3.8) is 0 Å². The molecule has 144 valence electrons. The van der Waals surface area contributed by atoms with Crippen molar-refractivity contribution in [3.8, 4) is 5.75 Å². The Hall–Kier alpha value is -2.02. The molecule has 0 saturated carbocycles. The second kappa shape index (κ2) is 8.78. The van der Waals surface area contributed by atoms with Crippen LogP contribution in [0.3, 0.4) is 0 Å². The first-order chi connectivity index (χ1) is 13.0. The van der Waals surface area contributed by atoms with Gasteiger partial charge in [-0.15, -0.1) is 11.8 Å². The number of aliphatic hydroxyl groups excluding tert-OH is 1. The fraction of sp³-hybridized carbons (Fsp3) is 0.381. The molecular formula is C21H26N2O3S. The molecule has 0 aliphatic carbocycles. The highest BCUT2D eigenvalue weighted by Crippen LogP contribution is 2.36. The lowest BCUT2D eigenvalue weighted by molar-refractivity contribution is -0.118. The number of nitrogens with zero attached hydrogens (tertiary/aromatic N) is 1. The molecule has 0 bridgehead atoms. The monoisotopic (exact) mass is 386 g/mol. The number of ether oxygens (including phenoxy) is 1. The van der Waals surface area contributed by atoms with E-state index in [-0.39, 0.29) is 11.9 Å². The maximum atomic E-state index is 12.6. The van der Waals surface area contributed by atoms with E-state index < -0.39 is 6.23 Å². The summed E-state index contributed by atoms with van der Waals surface area (Å²) in [5, 5.41) is 13.7. The van der Waals surface area contributed by atoms with Crippen LogP contribution >= 0.6 is 11.8 Å². The number of hydrogen-bond donors (Lipinski definition) is 2. The molecule has 2 aromatic rings. The maximum Gasteiger partial charge on any atom is 0.225 e. The fourth-order valence-corrected chi connectivity index (χ4v) is 4.16. The average molecular weight is 387 g/mol. The molecular weight excluding hydrogens is 360 g/mol. The third-order valence-electron chi connectivity index (χ3n) is 4.80. The van der Waals surface area contributed by atoms with Crippen molar-refractivity contribution in [1.29, 1.82) is 0 Å². The minimum absolute atomic E-state index is 0.0487. The number of nitrogens with one attached hydrogen (secondary N) is 1. The van der Waals surface area contributed by atoms with Gasteiger partial charge in [0.25, 0.3) is 0 Å². The van der Waals surface area contributed by atoms with Gasteiger partial charge in [0.15, 0.2) is 0 Å². The predicted molar refractivity (Wildman–Crippen MR) is 109 cm³/mol. The molecule has 0 aromatic heterocycles. The van der Waals surface area contributed by atoms with Crippen molar-refractivity contribution in [1.82, 2.24) is 4.90 Å². The van der Waals surface area contributed by atoms with Crippen molar-refractivity contribution >= 4 is 23.4 Å². The Balaban J connectivity index is 1.64. The van der Waals surface area contributed by atoms with Crippen molar-refractivity contribution in [2.24, 2.45) is 0 Å². The molecule has 0 spiro atoms. The number of para-hydroxylation sites is 1. The second-order valence-corrected chi connectivity index (χ2v) is 7.95. The molecule has 0 radical (unpaired) electrons. The number of amides is 1. The summed E-state index contributed by atoms with van der Waals surface area (Å²) in [4.78, 5) is 15.6. The van der Waals surface area contributed by atoms with Crippen LogP contribution in [-0.2, 0) is 11.3 Å². The highest BCUT2D eigenvalue weighted by Gasteiger charge is 2.32. The van der Waals surface area contributed by atoms with Gasteiger partial charge in [-0.2, -0.15) is 0 Å². The Kier molecular flexibility index (Phi) is 6.42. The molecule has 1 aliphatic heterocycles. The summed E-state index contributed by atoms with van der Waals surface area (Å²) in [6.45, 7) is 4.66. The number of thioether (sulfide) groups is 1. The van der Waals surface area contributed by atoms with E-state index >= 15 is 0 Å². The van der Waals surface area contributed by atoms with Crippen LogP contribution in [0.4, 0.5) is 5.69 Å². The molecule has 5 nitrogen and oxygen atoms in total. The van der Waals surface area contributed by atoms with Crippen LogP contribution < -0.4 is 10.1 Å². The normalized spacial score (nSPS) is 17.4. The van der Waals surface area contributed by atoms with Gasteiger partial charge in [-0.1, -0.05) is 25.1 Å². The van der Waals surface area contributed by atoms with E-state index in [1.54, 1.807) is 18.9 Å². The standard InChI is InChI=1S/C21H26N2O3S/c1-4-27-19-8-6-5-7-18(19)22-20(24)11-14(2)23-13-15-12-16(26-3)9-10-17(15)21(23)25/h5-10,12,14,21,25H,4,11,13H2,1-3H3,(H,22,24)/t14-,21?/m1/s1. The smallest absolute Gasteiger partial charge is 0.225 e. The number of hydrogen-bond acceptors (Lipinski definition) is 5. The molecule has 0 fully saturated rings. The van der Waals surface area contributed by atoms with E-state index in [1.165, 1.54) is 0 Å². The summed E-state index contributed by atoms with van der Waals surface area (Å²) in [5.74, 6) is 1.68. The number of carbonyl (C=O) groups is 1. The van der Waals surface area contributed by atoms with Crippen LogP contribution in [0.5, 0.6) is 5.75 Å². The van der Waals surface area contributed by atoms with Gasteiger partial charge in [-0.25, -0.2) is 0 Å². The quantitative estimate of drug-likeness (QED) is 0.704. The number of benzene rings is 2. The highest BCUT2D eigenvalue weighted by molar-refractivity contribution is 7.99. The topological polar surface area (TPSA) is 61.8 Å². The average Bonchev–Trinajstić information content (AvgIpc) is 2.99. The van der Waals surface area contributed by atoms with Gasteiger partial charge in [-0.05, 0) is 42.5 Å². The van der Waals surface area contributed by atoms with E-state index in [0.717, 1.165) is 33.2 Å². The molecule has 2 N–H and O–H groups in total. The van der Waals surface area contributed by atoms with Crippen molar-refractivity contribution in [2.45, 2.75) is 44.0 Å². The summed E-state index contributed by atoms with van der Waals surface area (Å²) >= 11 is 1.71. The number of carbonyl (C=O) groups excluding carboxylic acids is 1. The highest BCUT2D eigenvalue weighted by atomic mass is 32.2. The Bertz CT molecular complexity index is 812. The Labute approximate surface area is 164 Å². The fourth-order valence-electron chi connectivity index (χ4n) is 3.39. The molecule has 27 heavy (non-hydrogen) atoms. The number of fused-ring (bicyclic) bond motifs is 1. The largest absolute Gasteiger partial charge is 0.497 e. The summed E-state index contributed by atoms with van der Waals surface area (Å²) in [6, 6.07) is 13.4. The van der Waals surface area contributed by atoms with E-state index in [1.807, 2.05) is 54.3 Å². The van der Waals surface area contributed by atoms with E-state index in [0.29, 0.717) is 13.0 Å². The molecule has 2 atom stereocenters. The number of aliphatic hydroxyl groups is 1. The van der Waals surface area contributed by atoms with Crippen molar-refractivity contribution in [2.75, 3.05) is 18.2 Å². The van der Waals surface area contributed by atoms with Gasteiger partial charge in [0.1, 0.15) is 12.0 Å². The van der Waals surface area contributed by atoms with E-state index in [9.17, 15) is 9.90 Å². The zero-order valence-corrected chi connectivity index (χ0v) is 16.8. The summed E-state index contributed by atoms with van der Waals surface area (Å²) in [7, 11) is 1.63. The molecule has 6 heteroatoms. The van der Waals surface area contributed by atoms with Gasteiger partial charge in [0.05, 0.1) is 12.8 Å². The van der Waals surface area contributed by atoms with E-state index in [4.69, 9.17) is 4.74 Å². The first-order valence-electron chi connectivity index (χ1n) is 9.15. The van der Waals surface area contributed by atoms with Crippen LogP contribution in [0.15, 0.2) is 47.4 Å². The molecule has 2 aromatic carbocycles. The Morgan fingerprint density at radius 1 is 1.37 bits per heavy atom. The molecule has 1 heterocycles. The SMILES string of the molecule is CCSc1ccccc1NC(=O)C[C@@H](C)N1Cc2cc(OC)ccc2C1O. The summed E-state index contributed by atoms with van der Waals surface area (Å²) < 4.78 is 5.27. The molecule has 1 amide bonds. The van der Waals surface area contributed by atoms with Crippen LogP contribution in [0.25, 0.3) is 0 Å². The summed E-state index contributed by atoms with van der Waals surface area (Å²) in [5.41, 5.74) is 2.77. The Morgan fingerprint density at radius 3 is 2.89 bits per heavy atom. The molecule has 0 saturated heterocycles. The van der Waals surface area contributed by atoms with Crippen molar-refractivity contribution < 1.29 is 14.6 Å². The zero-order valence-electron chi connectivity index (χ0n) is 15.9. The van der Waals surface area contributed by atoms with Gasteiger partial charge < -0.3 is 15.2 Å². The minimum atomic E-state index is -0.698. The molecule has 1 aliphatic rings. The first kappa shape index (κ1) is 19.7. The van der Waals surface area contributed by atoms with Gasteiger partial charge >= 0.3 is 0 Å². The maximum absolute atomic E-state index is 12.6. The van der Waals surface area contributed by atoms with Gasteiger partial charge in [-0.3, -0.25) is 9.69 Å². The van der Waals surface area contributed by atoms with Gasteiger partial charge in [0.2, 0.25) is 5.91 Å². The third-order valence-corrected chi connectivity index (χ3v) is 5.76. The lowest BCUT2D eigenvalue weighted by atomic mass is 10.1. The third kappa shape index (κ3) is 4.46. The zero-order chi connectivity index (χ0) is 19.4. The first-order valence-corrected chi connectivity index (χ1v) is 10.1. The predicted octanol–water partition coefficient (Wildman–Crippen LogP) is 4.03. The van der Waals surface area contributed by atoms with Crippen LogP contribution in [0, 0.1) is 0 Å². The number of anilines is 1. The molecule has 3 rings (SSSR count).